The highest BCUT2D eigenvalue weighted by molar-refractivity contribution is 5.85. The highest BCUT2D eigenvalue weighted by Gasteiger charge is 2.50. The van der Waals surface area contributed by atoms with E-state index >= 15 is 0 Å². The van der Waals surface area contributed by atoms with Crippen molar-refractivity contribution in [2.24, 2.45) is 17.3 Å². The average molecular weight is 410 g/mol. The van der Waals surface area contributed by atoms with Crippen LogP contribution in [0.15, 0.2) is 42.9 Å². The summed E-state index contributed by atoms with van der Waals surface area (Å²) in [6.07, 6.45) is 11.4. The van der Waals surface area contributed by atoms with E-state index in [1.165, 1.54) is 36.3 Å². The Kier molecular flexibility index (Phi) is 5.13. The smallest absolute Gasteiger partial charge is 0.127 e. The van der Waals surface area contributed by atoms with Gasteiger partial charge < -0.3 is 31.8 Å². The lowest BCUT2D eigenvalue weighted by atomic mass is 9.95. The summed E-state index contributed by atoms with van der Waals surface area (Å²) in [6, 6.07) is 7.42. The Morgan fingerprint density at radius 1 is 1.30 bits per heavy atom. The standard InChI is InChI=1S/C22H31N7O/c1-27-9-5-17(14-22(27)6-7-22)28-10-4-15(21(28)25)12-19(24)18-3-2-16(13-20(18)30)29(26)11-8-23/h2-4,8,10-13,17,30H,5-7,9,14,23-26H2,1H3/b11-8-,19-12-. The average Bonchev–Trinajstić information content (AvgIpc) is 3.41. The van der Waals surface area contributed by atoms with Crippen LogP contribution < -0.4 is 28.1 Å². The Morgan fingerprint density at radius 3 is 2.73 bits per heavy atom. The fraction of sp³-hybridized carbons (Fsp3) is 0.364. The summed E-state index contributed by atoms with van der Waals surface area (Å²) < 4.78 is 2.18. The van der Waals surface area contributed by atoms with Crippen molar-refractivity contribution in [3.8, 4) is 5.75 Å². The zero-order valence-corrected chi connectivity index (χ0v) is 17.3. The van der Waals surface area contributed by atoms with Gasteiger partial charge in [0.2, 0.25) is 0 Å². The van der Waals surface area contributed by atoms with Crippen LogP contribution in [0, 0.1) is 0 Å². The first-order valence-corrected chi connectivity index (χ1v) is 10.2. The SMILES string of the molecule is CN1CCC(n2ccc(/C=C(\N)c3ccc(N(N)/C=C\N)cc3O)c2N)CC12CC2. The van der Waals surface area contributed by atoms with E-state index in [1.54, 1.807) is 12.1 Å². The first-order valence-electron chi connectivity index (χ1n) is 10.2. The Bertz CT molecular complexity index is 989. The number of aromatic hydroxyl groups is 1. The van der Waals surface area contributed by atoms with Gasteiger partial charge in [-0.25, -0.2) is 5.84 Å². The normalized spacial score (nSPS) is 21.4. The molecule has 1 unspecified atom stereocenters. The van der Waals surface area contributed by atoms with Crippen LogP contribution in [0.5, 0.6) is 5.75 Å². The summed E-state index contributed by atoms with van der Waals surface area (Å²) in [7, 11) is 2.23. The zero-order valence-electron chi connectivity index (χ0n) is 17.3. The van der Waals surface area contributed by atoms with E-state index in [0.717, 1.165) is 24.9 Å². The predicted octanol–water partition coefficient (Wildman–Crippen LogP) is 2.14. The van der Waals surface area contributed by atoms with Gasteiger partial charge in [0.1, 0.15) is 11.6 Å². The van der Waals surface area contributed by atoms with E-state index in [1.807, 2.05) is 12.1 Å². The highest BCUT2D eigenvalue weighted by atomic mass is 16.3. The molecule has 1 aromatic carbocycles. The molecule has 2 heterocycles. The molecule has 2 aliphatic rings. The summed E-state index contributed by atoms with van der Waals surface area (Å²) in [5, 5.41) is 11.7. The Labute approximate surface area is 177 Å². The Balaban J connectivity index is 1.55. The van der Waals surface area contributed by atoms with Gasteiger partial charge in [0, 0.05) is 59.6 Å². The fourth-order valence-electron chi connectivity index (χ4n) is 4.51. The number of nitrogen functional groups attached to an aromatic ring is 1. The largest absolute Gasteiger partial charge is 0.507 e. The number of rotatable bonds is 5. The minimum Gasteiger partial charge on any atom is -0.507 e. The van der Waals surface area contributed by atoms with Gasteiger partial charge in [0.15, 0.2) is 0 Å². The number of piperidine rings is 1. The molecule has 0 radical (unpaired) electrons. The quantitative estimate of drug-likeness (QED) is 0.377. The van der Waals surface area contributed by atoms with E-state index in [9.17, 15) is 5.11 Å². The van der Waals surface area contributed by atoms with E-state index < -0.39 is 0 Å². The molecule has 8 nitrogen and oxygen atoms in total. The molecule has 1 saturated carbocycles. The van der Waals surface area contributed by atoms with Crippen LogP contribution in [0.2, 0.25) is 0 Å². The van der Waals surface area contributed by atoms with Gasteiger partial charge >= 0.3 is 0 Å². The minimum atomic E-state index is 0.0334. The second kappa shape index (κ2) is 7.62. The molecule has 1 spiro atoms. The zero-order chi connectivity index (χ0) is 21.5. The lowest BCUT2D eigenvalue weighted by Gasteiger charge is -2.38. The number of hydrogen-bond acceptors (Lipinski definition) is 7. The van der Waals surface area contributed by atoms with E-state index in [2.05, 4.69) is 22.7 Å². The molecule has 1 aromatic heterocycles. The molecule has 30 heavy (non-hydrogen) atoms. The van der Waals surface area contributed by atoms with E-state index in [-0.39, 0.29) is 5.75 Å². The van der Waals surface area contributed by atoms with Crippen LogP contribution in [0.25, 0.3) is 11.8 Å². The first kappa shape index (κ1) is 20.2. The van der Waals surface area contributed by atoms with Crippen LogP contribution in [0.1, 0.15) is 42.9 Å². The maximum atomic E-state index is 10.4. The third-order valence-electron chi connectivity index (χ3n) is 6.58. The van der Waals surface area contributed by atoms with Crippen LogP contribution >= 0.6 is 0 Å². The number of phenols is 1. The van der Waals surface area contributed by atoms with Crippen molar-refractivity contribution < 1.29 is 5.11 Å². The van der Waals surface area contributed by atoms with Gasteiger partial charge in [-0.3, -0.25) is 5.01 Å². The minimum absolute atomic E-state index is 0.0334. The molecule has 1 aliphatic heterocycles. The van der Waals surface area contributed by atoms with Gasteiger partial charge in [0.25, 0.3) is 0 Å². The molecule has 8 heteroatoms. The number of benzene rings is 1. The van der Waals surface area contributed by atoms with Crippen molar-refractivity contribution in [1.29, 1.82) is 0 Å². The molecule has 2 aromatic rings. The van der Waals surface area contributed by atoms with Crippen LogP contribution in [-0.4, -0.2) is 33.7 Å². The molecular weight excluding hydrogens is 378 g/mol. The molecule has 4 rings (SSSR count). The molecule has 0 amide bonds. The lowest BCUT2D eigenvalue weighted by Crippen LogP contribution is -2.42. The van der Waals surface area contributed by atoms with Crippen molar-refractivity contribution >= 4 is 23.3 Å². The molecule has 2 fully saturated rings. The number of nitrogens with zero attached hydrogens (tertiary/aromatic N) is 3. The van der Waals surface area contributed by atoms with E-state index in [0.29, 0.717) is 34.3 Å². The number of hydrogen-bond donors (Lipinski definition) is 5. The van der Waals surface area contributed by atoms with Crippen molar-refractivity contribution in [3.05, 3.63) is 54.0 Å². The van der Waals surface area contributed by atoms with Crippen LogP contribution in [0.4, 0.5) is 11.5 Å². The number of nitrogens with two attached hydrogens (primary N) is 4. The van der Waals surface area contributed by atoms with Gasteiger partial charge in [0.05, 0.1) is 5.69 Å². The second-order valence-corrected chi connectivity index (χ2v) is 8.41. The molecule has 1 saturated heterocycles. The van der Waals surface area contributed by atoms with E-state index in [4.69, 9.17) is 23.0 Å². The molecule has 1 atom stereocenters. The monoisotopic (exact) mass is 409 g/mol. The fourth-order valence-corrected chi connectivity index (χ4v) is 4.51. The highest BCUT2D eigenvalue weighted by Crippen LogP contribution is 2.50. The van der Waals surface area contributed by atoms with Gasteiger partial charge in [-0.2, -0.15) is 0 Å². The summed E-state index contributed by atoms with van der Waals surface area (Å²) in [5.74, 6) is 6.58. The topological polar surface area (TPSA) is 136 Å². The molecular formula is C22H31N7O. The Hall–Kier alpha value is -3.10. The molecule has 0 bridgehead atoms. The van der Waals surface area contributed by atoms with Crippen molar-refractivity contribution in [1.82, 2.24) is 9.47 Å². The van der Waals surface area contributed by atoms with Gasteiger partial charge in [-0.05, 0) is 57.0 Å². The Morgan fingerprint density at radius 2 is 2.07 bits per heavy atom. The maximum absolute atomic E-state index is 10.4. The molecule has 160 valence electrons. The summed E-state index contributed by atoms with van der Waals surface area (Å²) in [4.78, 5) is 2.50. The van der Waals surface area contributed by atoms with Gasteiger partial charge in [-0.1, -0.05) is 0 Å². The number of aromatic nitrogens is 1. The van der Waals surface area contributed by atoms with Crippen LogP contribution in [0.3, 0.4) is 0 Å². The predicted molar refractivity (Wildman–Crippen MR) is 122 cm³/mol. The third kappa shape index (κ3) is 3.59. The van der Waals surface area contributed by atoms with Crippen molar-refractivity contribution in [2.75, 3.05) is 24.3 Å². The number of phenolic OH excluding ortho intramolecular Hbond substituents is 1. The van der Waals surface area contributed by atoms with Crippen molar-refractivity contribution in [3.63, 3.8) is 0 Å². The van der Waals surface area contributed by atoms with Gasteiger partial charge in [-0.15, -0.1) is 0 Å². The number of hydrazine groups is 1. The third-order valence-corrected chi connectivity index (χ3v) is 6.58. The summed E-state index contributed by atoms with van der Waals surface area (Å²) in [6.45, 7) is 1.09. The molecule has 1 aliphatic carbocycles. The number of likely N-dealkylation sites (tertiary alicyclic amines) is 1. The lowest BCUT2D eigenvalue weighted by molar-refractivity contribution is 0.127. The van der Waals surface area contributed by atoms with Crippen LogP contribution in [-0.2, 0) is 0 Å². The number of anilines is 2. The maximum Gasteiger partial charge on any atom is 0.127 e. The summed E-state index contributed by atoms with van der Waals surface area (Å²) >= 11 is 0. The molecule has 9 N–H and O–H groups in total. The van der Waals surface area contributed by atoms with Crippen molar-refractivity contribution in [2.45, 2.75) is 37.3 Å². The summed E-state index contributed by atoms with van der Waals surface area (Å²) in [5.41, 5.74) is 20.9. The first-order chi connectivity index (χ1) is 14.3. The second-order valence-electron chi connectivity index (χ2n) is 8.41.